The number of ether oxygens (including phenoxy) is 1. The molecule has 2 rings (SSSR count). The Labute approximate surface area is 87.2 Å². The Morgan fingerprint density at radius 3 is 3.00 bits per heavy atom. The van der Waals surface area contributed by atoms with E-state index in [4.69, 9.17) is 4.74 Å². The summed E-state index contributed by atoms with van der Waals surface area (Å²) in [6, 6.07) is 4.74. The van der Waals surface area contributed by atoms with E-state index in [1.54, 1.807) is 6.07 Å². The van der Waals surface area contributed by atoms with Crippen molar-refractivity contribution in [3.05, 3.63) is 35.1 Å². The van der Waals surface area contributed by atoms with Crippen LogP contribution in [0.25, 0.3) is 0 Å². The molecule has 80 valence electrons. The Hall–Kier alpha value is -1.58. The van der Waals surface area contributed by atoms with Gasteiger partial charge in [0, 0.05) is 12.0 Å². The molecule has 1 heterocycles. The number of amides is 1. The van der Waals surface area contributed by atoms with Gasteiger partial charge in [-0.3, -0.25) is 0 Å². The number of aryl methyl sites for hydroxylation is 1. The Morgan fingerprint density at radius 1 is 1.53 bits per heavy atom. The van der Waals surface area contributed by atoms with E-state index in [2.05, 4.69) is 5.32 Å². The lowest BCUT2D eigenvalue weighted by Gasteiger charge is -2.24. The summed E-state index contributed by atoms with van der Waals surface area (Å²) in [6.45, 7) is 2.17. The first-order valence-corrected chi connectivity index (χ1v) is 4.86. The summed E-state index contributed by atoms with van der Waals surface area (Å²) >= 11 is 0. The van der Waals surface area contributed by atoms with Crippen molar-refractivity contribution in [3.8, 4) is 0 Å². The smallest absolute Gasteiger partial charge is 0.407 e. The molecular weight excluding hydrogens is 197 g/mol. The summed E-state index contributed by atoms with van der Waals surface area (Å²) in [5.74, 6) is -0.276. The fraction of sp³-hybridized carbons (Fsp3) is 0.364. The van der Waals surface area contributed by atoms with Gasteiger partial charge in [-0.15, -0.1) is 0 Å². The molecule has 3 nitrogen and oxygen atoms in total. The van der Waals surface area contributed by atoms with Gasteiger partial charge in [0.15, 0.2) is 0 Å². The number of nitrogens with one attached hydrogen (secondary N) is 1. The summed E-state index contributed by atoms with van der Waals surface area (Å²) < 4.78 is 18.3. The molecule has 4 heteroatoms. The molecule has 0 aliphatic carbocycles. The van der Waals surface area contributed by atoms with Crippen LogP contribution in [0.5, 0.6) is 0 Å². The predicted molar refractivity (Wildman–Crippen MR) is 53.0 cm³/mol. The highest BCUT2D eigenvalue weighted by Crippen LogP contribution is 2.23. The molecule has 1 aliphatic rings. The number of benzene rings is 1. The van der Waals surface area contributed by atoms with Crippen molar-refractivity contribution < 1.29 is 13.9 Å². The van der Waals surface area contributed by atoms with E-state index in [9.17, 15) is 9.18 Å². The highest BCUT2D eigenvalue weighted by molar-refractivity contribution is 5.68. The van der Waals surface area contributed by atoms with E-state index >= 15 is 0 Å². The molecule has 1 saturated heterocycles. The normalized spacial score (nSPS) is 20.7. The first-order valence-electron chi connectivity index (χ1n) is 4.86. The summed E-state index contributed by atoms with van der Waals surface area (Å²) in [6.07, 6.45) is 0.123. The Bertz CT molecular complexity index is 392. The second-order valence-corrected chi connectivity index (χ2v) is 3.65. The highest BCUT2D eigenvalue weighted by Gasteiger charge is 2.22. The van der Waals surface area contributed by atoms with Gasteiger partial charge in [0.25, 0.3) is 0 Å². The van der Waals surface area contributed by atoms with Crippen molar-refractivity contribution in [3.63, 3.8) is 0 Å². The van der Waals surface area contributed by atoms with Crippen LogP contribution < -0.4 is 5.32 Å². The monoisotopic (exact) mass is 209 g/mol. The Morgan fingerprint density at radius 2 is 2.33 bits per heavy atom. The highest BCUT2D eigenvalue weighted by atomic mass is 19.1. The van der Waals surface area contributed by atoms with E-state index in [0.717, 1.165) is 5.56 Å². The molecule has 1 fully saturated rings. The number of carbonyl (C=O) groups is 1. The van der Waals surface area contributed by atoms with Gasteiger partial charge in [-0.05, 0) is 18.6 Å². The predicted octanol–water partition coefficient (Wildman–Crippen LogP) is 2.31. The number of hydrogen-bond donors (Lipinski definition) is 1. The third kappa shape index (κ3) is 2.09. The molecule has 1 aliphatic heterocycles. The van der Waals surface area contributed by atoms with Crippen molar-refractivity contribution in [1.82, 2.24) is 5.32 Å². The molecule has 1 atom stereocenters. The standard InChI is InChI=1S/C11H12FNO2/c1-7-2-3-8(9(12)6-7)10-4-5-15-11(14)13-10/h2-3,6,10H,4-5H2,1H3,(H,13,14)/t10-/m1/s1. The molecule has 0 unspecified atom stereocenters. The maximum Gasteiger partial charge on any atom is 0.407 e. The van der Waals surface area contributed by atoms with Crippen LogP contribution in [-0.4, -0.2) is 12.7 Å². The van der Waals surface area contributed by atoms with Crippen molar-refractivity contribution in [2.75, 3.05) is 6.61 Å². The van der Waals surface area contributed by atoms with Crippen LogP contribution in [0.2, 0.25) is 0 Å². The zero-order valence-electron chi connectivity index (χ0n) is 8.42. The number of hydrogen-bond acceptors (Lipinski definition) is 2. The molecule has 1 aromatic rings. The minimum Gasteiger partial charge on any atom is -0.449 e. The number of halogens is 1. The molecule has 0 saturated carbocycles. The van der Waals surface area contributed by atoms with E-state index in [1.165, 1.54) is 6.07 Å². The quantitative estimate of drug-likeness (QED) is 0.770. The molecule has 0 bridgehead atoms. The van der Waals surface area contributed by atoms with E-state index < -0.39 is 6.09 Å². The van der Waals surface area contributed by atoms with Crippen LogP contribution >= 0.6 is 0 Å². The molecule has 1 N–H and O–H groups in total. The zero-order valence-corrected chi connectivity index (χ0v) is 8.42. The summed E-state index contributed by atoms with van der Waals surface area (Å²) in [5, 5.41) is 2.59. The van der Waals surface area contributed by atoms with Gasteiger partial charge in [-0.2, -0.15) is 0 Å². The van der Waals surface area contributed by atoms with Crippen molar-refractivity contribution in [2.45, 2.75) is 19.4 Å². The van der Waals surface area contributed by atoms with Gasteiger partial charge in [0.05, 0.1) is 12.6 Å². The molecule has 0 radical (unpaired) electrons. The maximum absolute atomic E-state index is 13.6. The van der Waals surface area contributed by atoms with Crippen LogP contribution in [0, 0.1) is 12.7 Å². The lowest BCUT2D eigenvalue weighted by Crippen LogP contribution is -2.35. The molecule has 0 spiro atoms. The Balaban J connectivity index is 2.24. The number of rotatable bonds is 1. The van der Waals surface area contributed by atoms with Gasteiger partial charge in [0.2, 0.25) is 0 Å². The van der Waals surface area contributed by atoms with Crippen LogP contribution in [0.1, 0.15) is 23.6 Å². The first kappa shape index (κ1) is 9.96. The van der Waals surface area contributed by atoms with Crippen LogP contribution in [0.15, 0.2) is 18.2 Å². The fourth-order valence-electron chi connectivity index (χ4n) is 1.67. The van der Waals surface area contributed by atoms with E-state index in [0.29, 0.717) is 18.6 Å². The lowest BCUT2D eigenvalue weighted by atomic mass is 10.0. The maximum atomic E-state index is 13.6. The van der Waals surface area contributed by atoms with Gasteiger partial charge < -0.3 is 10.1 Å². The SMILES string of the molecule is Cc1ccc([C@H]2CCOC(=O)N2)c(F)c1. The third-order valence-corrected chi connectivity index (χ3v) is 2.46. The van der Waals surface area contributed by atoms with Crippen molar-refractivity contribution in [2.24, 2.45) is 0 Å². The minimum absolute atomic E-state index is 0.271. The average Bonchev–Trinajstić information content (AvgIpc) is 2.17. The molecule has 15 heavy (non-hydrogen) atoms. The fourth-order valence-corrected chi connectivity index (χ4v) is 1.67. The van der Waals surface area contributed by atoms with E-state index in [-0.39, 0.29) is 11.9 Å². The van der Waals surface area contributed by atoms with Crippen LogP contribution in [0.4, 0.5) is 9.18 Å². The topological polar surface area (TPSA) is 38.3 Å². The van der Waals surface area contributed by atoms with E-state index in [1.807, 2.05) is 13.0 Å². The largest absolute Gasteiger partial charge is 0.449 e. The molecule has 1 amide bonds. The van der Waals surface area contributed by atoms with Crippen LogP contribution in [-0.2, 0) is 4.74 Å². The van der Waals surface area contributed by atoms with Gasteiger partial charge >= 0.3 is 6.09 Å². The number of carbonyl (C=O) groups excluding carboxylic acids is 1. The third-order valence-electron chi connectivity index (χ3n) is 2.46. The minimum atomic E-state index is -0.480. The number of alkyl carbamates (subject to hydrolysis) is 1. The second kappa shape index (κ2) is 3.88. The number of cyclic esters (lactones) is 1. The Kier molecular flexibility index (Phi) is 2.58. The van der Waals surface area contributed by atoms with Crippen molar-refractivity contribution >= 4 is 6.09 Å². The molecule has 1 aromatic carbocycles. The van der Waals surface area contributed by atoms with Crippen LogP contribution in [0.3, 0.4) is 0 Å². The average molecular weight is 209 g/mol. The van der Waals surface area contributed by atoms with Gasteiger partial charge in [-0.1, -0.05) is 12.1 Å². The zero-order chi connectivity index (χ0) is 10.8. The van der Waals surface area contributed by atoms with Gasteiger partial charge in [0.1, 0.15) is 5.82 Å². The van der Waals surface area contributed by atoms with Gasteiger partial charge in [-0.25, -0.2) is 9.18 Å². The summed E-state index contributed by atoms with van der Waals surface area (Å²) in [4.78, 5) is 11.0. The van der Waals surface area contributed by atoms with Crippen molar-refractivity contribution in [1.29, 1.82) is 0 Å². The lowest BCUT2D eigenvalue weighted by molar-refractivity contribution is 0.115. The first-order chi connectivity index (χ1) is 7.16. The summed E-state index contributed by atoms with van der Waals surface area (Å²) in [5.41, 5.74) is 1.40. The molecular formula is C11H12FNO2. The summed E-state index contributed by atoms with van der Waals surface area (Å²) in [7, 11) is 0. The molecule has 0 aromatic heterocycles. The second-order valence-electron chi connectivity index (χ2n) is 3.65.